The Bertz CT molecular complexity index is 204. The fourth-order valence-corrected chi connectivity index (χ4v) is 3.28. The van der Waals surface area contributed by atoms with Crippen molar-refractivity contribution in [2.24, 2.45) is 0 Å². The molecule has 0 amide bonds. The number of hydrogen-bond acceptors (Lipinski definition) is 3. The first-order valence-electron chi connectivity index (χ1n) is 9.22. The van der Waals surface area contributed by atoms with E-state index in [1.807, 2.05) is 13.8 Å². The number of nitrogens with zero attached hydrogens (tertiary/aromatic N) is 1. The van der Waals surface area contributed by atoms with E-state index in [-0.39, 0.29) is 0 Å². The van der Waals surface area contributed by atoms with Crippen molar-refractivity contribution in [3.05, 3.63) is 0 Å². The van der Waals surface area contributed by atoms with Gasteiger partial charge < -0.3 is 15.8 Å². The summed E-state index contributed by atoms with van der Waals surface area (Å²) in [4.78, 5) is 2.61. The second-order valence-corrected chi connectivity index (χ2v) is 6.13. The smallest absolute Gasteiger partial charge is 0.0843 e. The van der Waals surface area contributed by atoms with Crippen LogP contribution in [0, 0.1) is 0 Å². The monoisotopic (exact) mass is 300 g/mol. The third-order valence-electron chi connectivity index (χ3n) is 4.58. The largest absolute Gasteiger partial charge is 0.381 e. The molecule has 0 spiro atoms. The van der Waals surface area contributed by atoms with E-state index < -0.39 is 0 Å². The Morgan fingerprint density at radius 1 is 0.905 bits per heavy atom. The van der Waals surface area contributed by atoms with Crippen molar-refractivity contribution in [1.82, 2.24) is 10.2 Å². The molecule has 0 bridgehead atoms. The minimum atomic E-state index is 0.786. The van der Waals surface area contributed by atoms with E-state index >= 15 is 0 Å². The molecule has 0 atom stereocenters. The molecule has 126 valence electrons. The van der Waals surface area contributed by atoms with Crippen LogP contribution in [0.4, 0.5) is 0 Å². The van der Waals surface area contributed by atoms with Crippen LogP contribution in [-0.4, -0.2) is 56.4 Å². The van der Waals surface area contributed by atoms with E-state index in [0.717, 1.165) is 38.4 Å². The Morgan fingerprint density at radius 2 is 1.48 bits per heavy atom. The summed E-state index contributed by atoms with van der Waals surface area (Å²) >= 11 is 0. The minimum absolute atomic E-state index is 0.786. The molecule has 2 aliphatic heterocycles. The van der Waals surface area contributed by atoms with Gasteiger partial charge in [0.15, 0.2) is 0 Å². The molecule has 2 saturated heterocycles. The maximum absolute atomic E-state index is 5.35. The average molecular weight is 301 g/mol. The van der Waals surface area contributed by atoms with Crippen molar-refractivity contribution < 1.29 is 10.5 Å². The van der Waals surface area contributed by atoms with Gasteiger partial charge in [-0.3, -0.25) is 4.90 Å². The predicted octanol–water partition coefficient (Wildman–Crippen LogP) is 1.66. The van der Waals surface area contributed by atoms with Crippen LogP contribution < -0.4 is 11.1 Å². The highest BCUT2D eigenvalue weighted by Crippen LogP contribution is 2.14. The van der Waals surface area contributed by atoms with Crippen molar-refractivity contribution in [3.63, 3.8) is 0 Å². The van der Waals surface area contributed by atoms with Crippen molar-refractivity contribution in [2.75, 3.05) is 39.4 Å². The molecule has 0 radical (unpaired) electrons. The summed E-state index contributed by atoms with van der Waals surface area (Å²) in [6, 6.07) is 1.59. The van der Waals surface area contributed by atoms with Crippen LogP contribution in [0.5, 0.6) is 0 Å². The molecule has 1 aliphatic carbocycles. The Labute approximate surface area is 131 Å². The summed E-state index contributed by atoms with van der Waals surface area (Å²) in [7, 11) is 0. The number of rotatable bonds is 1. The number of ether oxygens (including phenoxy) is 1. The van der Waals surface area contributed by atoms with E-state index in [4.69, 9.17) is 4.74 Å². The van der Waals surface area contributed by atoms with Gasteiger partial charge in [0.25, 0.3) is 0 Å². The third-order valence-corrected chi connectivity index (χ3v) is 4.58. The summed E-state index contributed by atoms with van der Waals surface area (Å²) < 4.78 is 5.35. The molecule has 0 aromatic heterocycles. The van der Waals surface area contributed by atoms with Crippen LogP contribution in [-0.2, 0) is 4.74 Å². The lowest BCUT2D eigenvalue weighted by Gasteiger charge is -2.36. The van der Waals surface area contributed by atoms with Gasteiger partial charge in [0.1, 0.15) is 0 Å². The average Bonchev–Trinajstić information content (AvgIpc) is 2.60. The van der Waals surface area contributed by atoms with E-state index in [1.54, 1.807) is 0 Å². The quantitative estimate of drug-likeness (QED) is 0.774. The highest BCUT2D eigenvalue weighted by Gasteiger charge is 2.22. The number of hydrogen-bond donors (Lipinski definition) is 2. The van der Waals surface area contributed by atoms with Crippen LogP contribution in [0.3, 0.4) is 0 Å². The molecule has 4 nitrogen and oxygen atoms in total. The van der Waals surface area contributed by atoms with Gasteiger partial charge in [-0.15, -0.1) is 0 Å². The summed E-state index contributed by atoms with van der Waals surface area (Å²) in [6.45, 7) is 10.7. The Morgan fingerprint density at radius 3 is 1.95 bits per heavy atom. The molecule has 3 fully saturated rings. The van der Waals surface area contributed by atoms with Crippen LogP contribution in [0.15, 0.2) is 0 Å². The summed E-state index contributed by atoms with van der Waals surface area (Å²) in [5, 5.41) is 3.38. The number of piperazine rings is 1. The molecule has 0 aromatic rings. The standard InChI is InChI=1S/C9H18N2O.C6H13N.C2H6/c1-7-12-8-2-9(1)11-5-3-10-4-6-11;7-6-4-2-1-3-5-6;1-2/h9-10H,1-8H2;6H,1-5,7H2;1-2H3/p+1. The zero-order chi connectivity index (χ0) is 15.3. The fraction of sp³-hybridized carbons (Fsp3) is 1.00. The molecule has 0 aromatic carbocycles. The summed E-state index contributed by atoms with van der Waals surface area (Å²) in [5.41, 5.74) is 4.00. The first kappa shape index (κ1) is 18.9. The Balaban J connectivity index is 0.000000210. The van der Waals surface area contributed by atoms with Gasteiger partial charge in [-0.25, -0.2) is 0 Å². The predicted molar refractivity (Wildman–Crippen MR) is 89.4 cm³/mol. The maximum atomic E-state index is 5.35. The van der Waals surface area contributed by atoms with Gasteiger partial charge in [-0.05, 0) is 38.5 Å². The molecule has 3 rings (SSSR count). The van der Waals surface area contributed by atoms with Crippen molar-refractivity contribution in [1.29, 1.82) is 0 Å². The van der Waals surface area contributed by atoms with E-state index in [9.17, 15) is 0 Å². The van der Waals surface area contributed by atoms with Crippen LogP contribution in [0.2, 0.25) is 0 Å². The Kier molecular flexibility index (Phi) is 11.1. The van der Waals surface area contributed by atoms with Crippen molar-refractivity contribution in [2.45, 2.75) is 70.9 Å². The topological polar surface area (TPSA) is 52.1 Å². The summed E-state index contributed by atoms with van der Waals surface area (Å²) in [5.74, 6) is 0. The fourth-order valence-electron chi connectivity index (χ4n) is 3.28. The third kappa shape index (κ3) is 8.15. The van der Waals surface area contributed by atoms with Crippen LogP contribution in [0.1, 0.15) is 58.8 Å². The minimum Gasteiger partial charge on any atom is -0.381 e. The molecule has 21 heavy (non-hydrogen) atoms. The number of quaternary nitrogens is 1. The molecule has 4 heteroatoms. The number of nitrogens with one attached hydrogen (secondary N) is 1. The molecule has 1 saturated carbocycles. The van der Waals surface area contributed by atoms with Crippen molar-refractivity contribution in [3.8, 4) is 0 Å². The zero-order valence-electron chi connectivity index (χ0n) is 14.4. The van der Waals surface area contributed by atoms with Gasteiger partial charge >= 0.3 is 0 Å². The van der Waals surface area contributed by atoms with E-state index in [2.05, 4.69) is 16.0 Å². The normalized spacial score (nSPS) is 25.3. The zero-order valence-corrected chi connectivity index (χ0v) is 14.4. The molecule has 4 N–H and O–H groups in total. The van der Waals surface area contributed by atoms with Gasteiger partial charge in [0.05, 0.1) is 6.04 Å². The van der Waals surface area contributed by atoms with Crippen molar-refractivity contribution >= 4 is 0 Å². The lowest BCUT2D eigenvalue weighted by Crippen LogP contribution is -2.61. The van der Waals surface area contributed by atoms with Gasteiger partial charge in [-0.2, -0.15) is 0 Å². The second-order valence-electron chi connectivity index (χ2n) is 6.13. The Hall–Kier alpha value is -0.160. The summed E-state index contributed by atoms with van der Waals surface area (Å²) in [6.07, 6.45) is 9.52. The first-order valence-corrected chi connectivity index (χ1v) is 9.22. The molecule has 2 heterocycles. The van der Waals surface area contributed by atoms with E-state index in [0.29, 0.717) is 0 Å². The van der Waals surface area contributed by atoms with Crippen LogP contribution >= 0.6 is 0 Å². The lowest BCUT2D eigenvalue weighted by molar-refractivity contribution is -0.425. The molecular formula is C17H38N3O+. The van der Waals surface area contributed by atoms with Crippen LogP contribution in [0.25, 0.3) is 0 Å². The SMILES string of the molecule is C1CN(C2CCOCC2)CCN1.CC.[NH3+]C1CCCCC1. The maximum Gasteiger partial charge on any atom is 0.0843 e. The lowest BCUT2D eigenvalue weighted by atomic mass is 9.97. The molecule has 0 unspecified atom stereocenters. The van der Waals surface area contributed by atoms with Gasteiger partial charge in [-0.1, -0.05) is 20.3 Å². The van der Waals surface area contributed by atoms with Gasteiger partial charge in [0, 0.05) is 45.4 Å². The second kappa shape index (κ2) is 12.4. The van der Waals surface area contributed by atoms with E-state index in [1.165, 1.54) is 58.0 Å². The first-order chi connectivity index (χ1) is 10.4. The molecule has 3 aliphatic rings. The highest BCUT2D eigenvalue weighted by molar-refractivity contribution is 4.78. The highest BCUT2D eigenvalue weighted by atomic mass is 16.5. The van der Waals surface area contributed by atoms with Gasteiger partial charge in [0.2, 0.25) is 0 Å². The molecular weight excluding hydrogens is 262 g/mol.